The predicted molar refractivity (Wildman–Crippen MR) is 84.8 cm³/mol. The SMILES string of the molecule is Cc1nnn2c(N)c(C(=O)OC(C)(C)C)c3cc(F)ccc3c12. The number of pyridine rings is 1. The van der Waals surface area contributed by atoms with Crippen LogP contribution in [0.5, 0.6) is 0 Å². The van der Waals surface area contributed by atoms with Gasteiger partial charge >= 0.3 is 5.97 Å². The standard InChI is InChI=1S/C16H17FN4O2/c1-8-13-10-6-5-9(17)7-11(10)12(14(18)21(13)20-19-8)15(22)23-16(2,3)4/h5-7H,18H2,1-4H3. The van der Waals surface area contributed by atoms with E-state index < -0.39 is 17.4 Å². The number of aryl methyl sites for hydroxylation is 1. The van der Waals surface area contributed by atoms with Gasteiger partial charge in [-0.25, -0.2) is 9.18 Å². The van der Waals surface area contributed by atoms with E-state index in [0.29, 0.717) is 22.0 Å². The molecule has 2 aromatic heterocycles. The lowest BCUT2D eigenvalue weighted by atomic mass is 10.0. The average Bonchev–Trinajstić information content (AvgIpc) is 2.79. The van der Waals surface area contributed by atoms with Crippen molar-refractivity contribution in [1.29, 1.82) is 0 Å². The fourth-order valence-corrected chi connectivity index (χ4v) is 2.55. The van der Waals surface area contributed by atoms with Gasteiger partial charge in [0.2, 0.25) is 0 Å². The predicted octanol–water partition coefficient (Wildman–Crippen LogP) is 2.87. The Morgan fingerprint density at radius 1 is 1.30 bits per heavy atom. The molecule has 0 spiro atoms. The summed E-state index contributed by atoms with van der Waals surface area (Å²) in [6, 6.07) is 4.19. The van der Waals surface area contributed by atoms with Crippen LogP contribution < -0.4 is 5.73 Å². The summed E-state index contributed by atoms with van der Waals surface area (Å²) in [5.41, 5.74) is 6.78. The van der Waals surface area contributed by atoms with Crippen LogP contribution >= 0.6 is 0 Å². The van der Waals surface area contributed by atoms with Gasteiger partial charge in [-0.1, -0.05) is 5.21 Å². The highest BCUT2D eigenvalue weighted by Crippen LogP contribution is 2.31. The highest BCUT2D eigenvalue weighted by molar-refractivity contribution is 6.13. The summed E-state index contributed by atoms with van der Waals surface area (Å²) in [5.74, 6) is -1.01. The van der Waals surface area contributed by atoms with Gasteiger partial charge in [0.15, 0.2) is 0 Å². The molecule has 120 valence electrons. The maximum Gasteiger partial charge on any atom is 0.343 e. The number of hydrogen-bond acceptors (Lipinski definition) is 5. The number of carbonyl (C=O) groups is 1. The molecule has 0 aliphatic carbocycles. The van der Waals surface area contributed by atoms with Crippen LogP contribution in [0.3, 0.4) is 0 Å². The number of hydrogen-bond donors (Lipinski definition) is 1. The van der Waals surface area contributed by atoms with Gasteiger partial charge in [0.25, 0.3) is 0 Å². The lowest BCUT2D eigenvalue weighted by Crippen LogP contribution is -2.25. The van der Waals surface area contributed by atoms with Crippen molar-refractivity contribution in [2.24, 2.45) is 0 Å². The molecule has 2 N–H and O–H groups in total. The molecule has 0 aliphatic heterocycles. The van der Waals surface area contributed by atoms with Gasteiger partial charge in [0, 0.05) is 10.8 Å². The molecule has 7 heteroatoms. The van der Waals surface area contributed by atoms with Crippen LogP contribution in [0.25, 0.3) is 16.3 Å². The number of fused-ring (bicyclic) bond motifs is 3. The minimum absolute atomic E-state index is 0.0768. The van der Waals surface area contributed by atoms with Gasteiger partial charge in [0.05, 0.1) is 11.2 Å². The number of nitrogens with two attached hydrogens (primary N) is 1. The summed E-state index contributed by atoms with van der Waals surface area (Å²) in [6.07, 6.45) is 0. The van der Waals surface area contributed by atoms with Crippen molar-refractivity contribution in [2.75, 3.05) is 5.73 Å². The summed E-state index contributed by atoms with van der Waals surface area (Å²) in [7, 11) is 0. The molecule has 0 fully saturated rings. The van der Waals surface area contributed by atoms with Gasteiger partial charge in [-0.15, -0.1) is 5.10 Å². The highest BCUT2D eigenvalue weighted by atomic mass is 19.1. The number of nitrogens with zero attached hydrogens (tertiary/aromatic N) is 3. The average molecular weight is 316 g/mol. The Morgan fingerprint density at radius 3 is 2.65 bits per heavy atom. The first kappa shape index (κ1) is 15.2. The Hall–Kier alpha value is -2.70. The second-order valence-corrected chi connectivity index (χ2v) is 6.39. The van der Waals surface area contributed by atoms with E-state index in [4.69, 9.17) is 10.5 Å². The van der Waals surface area contributed by atoms with Crippen molar-refractivity contribution in [3.05, 3.63) is 35.3 Å². The summed E-state index contributed by atoms with van der Waals surface area (Å²) in [5, 5.41) is 8.99. The Kier molecular flexibility index (Phi) is 3.24. The largest absolute Gasteiger partial charge is 0.456 e. The number of rotatable bonds is 1. The Morgan fingerprint density at radius 2 is 2.00 bits per heavy atom. The molecular formula is C16H17FN4O2. The molecule has 0 amide bonds. The van der Waals surface area contributed by atoms with Gasteiger partial charge in [-0.3, -0.25) is 0 Å². The zero-order chi connectivity index (χ0) is 16.9. The van der Waals surface area contributed by atoms with Crippen LogP contribution in [0.2, 0.25) is 0 Å². The van der Waals surface area contributed by atoms with Crippen molar-refractivity contribution >= 4 is 28.1 Å². The first-order valence-corrected chi connectivity index (χ1v) is 7.15. The van der Waals surface area contributed by atoms with Crippen molar-refractivity contribution < 1.29 is 13.9 Å². The third-order valence-electron chi connectivity index (χ3n) is 3.43. The Labute approximate surface area is 132 Å². The van der Waals surface area contributed by atoms with Crippen LogP contribution in [0, 0.1) is 12.7 Å². The molecule has 2 heterocycles. The van der Waals surface area contributed by atoms with E-state index in [-0.39, 0.29) is 11.4 Å². The Balaban J connectivity index is 2.41. The number of esters is 1. The first-order chi connectivity index (χ1) is 10.7. The molecule has 6 nitrogen and oxygen atoms in total. The third-order valence-corrected chi connectivity index (χ3v) is 3.43. The quantitative estimate of drug-likeness (QED) is 0.698. The molecule has 3 rings (SSSR count). The number of nitrogen functional groups attached to an aromatic ring is 1. The topological polar surface area (TPSA) is 82.5 Å². The lowest BCUT2D eigenvalue weighted by Gasteiger charge is -2.21. The maximum atomic E-state index is 13.7. The molecule has 0 aliphatic rings. The molecule has 0 atom stereocenters. The van der Waals surface area contributed by atoms with Gasteiger partial charge < -0.3 is 10.5 Å². The number of halogens is 1. The van der Waals surface area contributed by atoms with E-state index in [9.17, 15) is 9.18 Å². The van der Waals surface area contributed by atoms with Gasteiger partial charge in [-0.2, -0.15) is 4.52 Å². The van der Waals surface area contributed by atoms with Gasteiger partial charge in [0.1, 0.15) is 22.8 Å². The maximum absolute atomic E-state index is 13.7. The second kappa shape index (κ2) is 4.91. The molecule has 0 unspecified atom stereocenters. The fourth-order valence-electron chi connectivity index (χ4n) is 2.55. The number of benzene rings is 1. The zero-order valence-electron chi connectivity index (χ0n) is 13.3. The fraction of sp³-hybridized carbons (Fsp3) is 0.312. The van der Waals surface area contributed by atoms with E-state index in [1.807, 2.05) is 0 Å². The molecule has 0 saturated heterocycles. The number of carbonyl (C=O) groups excluding carboxylic acids is 1. The van der Waals surface area contributed by atoms with Crippen molar-refractivity contribution in [2.45, 2.75) is 33.3 Å². The van der Waals surface area contributed by atoms with Crippen molar-refractivity contribution in [3.8, 4) is 0 Å². The van der Waals surface area contributed by atoms with E-state index in [1.165, 1.54) is 16.6 Å². The molecule has 0 saturated carbocycles. The van der Waals surface area contributed by atoms with E-state index in [0.717, 1.165) is 0 Å². The summed E-state index contributed by atoms with van der Waals surface area (Å²) >= 11 is 0. The van der Waals surface area contributed by atoms with Crippen molar-refractivity contribution in [1.82, 2.24) is 14.8 Å². The second-order valence-electron chi connectivity index (χ2n) is 6.39. The van der Waals surface area contributed by atoms with E-state index in [1.54, 1.807) is 33.8 Å². The summed E-state index contributed by atoms with van der Waals surface area (Å²) in [6.45, 7) is 7.03. The molecule has 23 heavy (non-hydrogen) atoms. The van der Waals surface area contributed by atoms with Crippen LogP contribution in [0.4, 0.5) is 10.2 Å². The van der Waals surface area contributed by atoms with Gasteiger partial charge in [-0.05, 0) is 45.9 Å². The zero-order valence-corrected chi connectivity index (χ0v) is 13.3. The van der Waals surface area contributed by atoms with Crippen molar-refractivity contribution in [3.63, 3.8) is 0 Å². The minimum Gasteiger partial charge on any atom is -0.456 e. The van der Waals surface area contributed by atoms with Crippen LogP contribution in [0.15, 0.2) is 18.2 Å². The molecule has 3 aromatic rings. The molecule has 0 radical (unpaired) electrons. The Bertz CT molecular complexity index is 941. The normalized spacial score (nSPS) is 12.0. The molecular weight excluding hydrogens is 299 g/mol. The smallest absolute Gasteiger partial charge is 0.343 e. The minimum atomic E-state index is -0.698. The van der Waals surface area contributed by atoms with Crippen LogP contribution in [-0.4, -0.2) is 26.4 Å². The number of ether oxygens (including phenoxy) is 1. The van der Waals surface area contributed by atoms with E-state index >= 15 is 0 Å². The number of anilines is 1. The summed E-state index contributed by atoms with van der Waals surface area (Å²) in [4.78, 5) is 12.6. The lowest BCUT2D eigenvalue weighted by molar-refractivity contribution is 0.00726. The summed E-state index contributed by atoms with van der Waals surface area (Å²) < 4.78 is 20.5. The monoisotopic (exact) mass is 316 g/mol. The van der Waals surface area contributed by atoms with Crippen LogP contribution in [-0.2, 0) is 4.74 Å². The third kappa shape index (κ3) is 2.48. The molecule has 0 bridgehead atoms. The first-order valence-electron chi connectivity index (χ1n) is 7.15. The molecule has 1 aromatic carbocycles. The van der Waals surface area contributed by atoms with E-state index in [2.05, 4.69) is 10.3 Å². The number of aromatic nitrogens is 3. The highest BCUT2D eigenvalue weighted by Gasteiger charge is 2.25. The van der Waals surface area contributed by atoms with Crippen LogP contribution in [0.1, 0.15) is 36.8 Å².